The summed E-state index contributed by atoms with van der Waals surface area (Å²) in [6.45, 7) is 6.08. The molecule has 1 atom stereocenters. The first-order chi connectivity index (χ1) is 13.0. The Morgan fingerprint density at radius 1 is 1.15 bits per heavy atom. The van der Waals surface area contributed by atoms with E-state index in [0.717, 1.165) is 44.0 Å². The molecule has 1 fully saturated rings. The van der Waals surface area contributed by atoms with Gasteiger partial charge in [0.2, 0.25) is 0 Å². The van der Waals surface area contributed by atoms with Crippen LogP contribution in [0.2, 0.25) is 0 Å². The van der Waals surface area contributed by atoms with Gasteiger partial charge in [-0.2, -0.15) is 0 Å². The van der Waals surface area contributed by atoms with Crippen LogP contribution in [0.25, 0.3) is 0 Å². The van der Waals surface area contributed by atoms with Crippen LogP contribution in [0.5, 0.6) is 0 Å². The number of non-ortho nitro benzene ring substituents is 1. The van der Waals surface area contributed by atoms with Gasteiger partial charge in [-0.15, -0.1) is 0 Å². The second-order valence-electron chi connectivity index (χ2n) is 6.81. The van der Waals surface area contributed by atoms with Crippen LogP contribution < -0.4 is 10.2 Å². The molecule has 3 rings (SSSR count). The van der Waals surface area contributed by atoms with E-state index in [1.807, 2.05) is 31.2 Å². The summed E-state index contributed by atoms with van der Waals surface area (Å²) in [6, 6.07) is 13.7. The van der Waals surface area contributed by atoms with E-state index in [9.17, 15) is 14.9 Å². The van der Waals surface area contributed by atoms with E-state index < -0.39 is 4.92 Å². The summed E-state index contributed by atoms with van der Waals surface area (Å²) in [5, 5.41) is 13.9. The number of aryl methyl sites for hydroxylation is 1. The molecule has 1 amide bonds. The maximum Gasteiger partial charge on any atom is 0.269 e. The van der Waals surface area contributed by atoms with Crippen molar-refractivity contribution in [3.8, 4) is 0 Å². The fraction of sp³-hybridized carbons (Fsp3) is 0.350. The summed E-state index contributed by atoms with van der Waals surface area (Å²) in [5.74, 6) is -0.233. The summed E-state index contributed by atoms with van der Waals surface area (Å²) in [5.41, 5.74) is 2.60. The van der Waals surface area contributed by atoms with E-state index >= 15 is 0 Å². The minimum atomic E-state index is -0.474. The lowest BCUT2D eigenvalue weighted by molar-refractivity contribution is -0.909. The van der Waals surface area contributed by atoms with Crippen molar-refractivity contribution in [1.29, 1.82) is 0 Å². The third-order valence-corrected chi connectivity index (χ3v) is 4.82. The Bertz CT molecular complexity index is 784. The van der Waals surface area contributed by atoms with Gasteiger partial charge in [0, 0.05) is 17.7 Å². The van der Waals surface area contributed by atoms with Crippen LogP contribution in [0.3, 0.4) is 0 Å². The first kappa shape index (κ1) is 19.0. The summed E-state index contributed by atoms with van der Waals surface area (Å²) < 4.78 is 5.42. The molecule has 0 unspecified atom stereocenters. The monoisotopic (exact) mass is 370 g/mol. The molecule has 1 heterocycles. The van der Waals surface area contributed by atoms with Crippen LogP contribution in [-0.4, -0.2) is 43.7 Å². The first-order valence-corrected chi connectivity index (χ1v) is 9.06. The normalized spacial score (nSPS) is 15.9. The Hall–Kier alpha value is -2.77. The Morgan fingerprint density at radius 3 is 2.37 bits per heavy atom. The molecular weight excluding hydrogens is 346 g/mol. The van der Waals surface area contributed by atoms with E-state index in [4.69, 9.17) is 4.74 Å². The van der Waals surface area contributed by atoms with Gasteiger partial charge in [-0.3, -0.25) is 14.9 Å². The maximum absolute atomic E-state index is 12.7. The van der Waals surface area contributed by atoms with Crippen LogP contribution in [0.4, 0.5) is 5.69 Å². The van der Waals surface area contributed by atoms with Crippen LogP contribution in [-0.2, 0) is 4.74 Å². The second-order valence-corrected chi connectivity index (χ2v) is 6.81. The van der Waals surface area contributed by atoms with Crippen LogP contribution in [0, 0.1) is 17.0 Å². The lowest BCUT2D eigenvalue weighted by Crippen LogP contribution is -3.14. The molecule has 27 heavy (non-hydrogen) atoms. The molecule has 7 nitrogen and oxygen atoms in total. The number of ether oxygens (including phenoxy) is 1. The number of benzene rings is 2. The maximum atomic E-state index is 12.7. The number of rotatable bonds is 6. The number of hydrogen-bond donors (Lipinski definition) is 2. The molecule has 2 N–H and O–H groups in total. The number of hydrogen-bond acceptors (Lipinski definition) is 4. The number of amides is 1. The topological polar surface area (TPSA) is 85.9 Å². The molecule has 142 valence electrons. The predicted molar refractivity (Wildman–Crippen MR) is 101 cm³/mol. The molecule has 7 heteroatoms. The molecule has 2 aromatic carbocycles. The van der Waals surface area contributed by atoms with Gasteiger partial charge in [0.05, 0.1) is 18.1 Å². The van der Waals surface area contributed by atoms with Crippen LogP contribution in [0.15, 0.2) is 48.5 Å². The van der Waals surface area contributed by atoms with Crippen molar-refractivity contribution in [2.24, 2.45) is 0 Å². The summed E-state index contributed by atoms with van der Waals surface area (Å²) in [4.78, 5) is 24.4. The van der Waals surface area contributed by atoms with E-state index in [-0.39, 0.29) is 17.6 Å². The average Bonchev–Trinajstić information content (AvgIpc) is 2.69. The fourth-order valence-electron chi connectivity index (χ4n) is 3.18. The van der Waals surface area contributed by atoms with E-state index in [1.165, 1.54) is 29.2 Å². The molecule has 1 saturated heterocycles. The highest BCUT2D eigenvalue weighted by Crippen LogP contribution is 2.16. The summed E-state index contributed by atoms with van der Waals surface area (Å²) >= 11 is 0. The van der Waals surface area contributed by atoms with E-state index in [1.54, 1.807) is 0 Å². The molecule has 0 saturated carbocycles. The minimum absolute atomic E-state index is 0.0283. The third kappa shape index (κ3) is 5.12. The highest BCUT2D eigenvalue weighted by Gasteiger charge is 2.23. The zero-order valence-corrected chi connectivity index (χ0v) is 15.3. The number of carbonyl (C=O) groups excluding carboxylic acids is 1. The highest BCUT2D eigenvalue weighted by molar-refractivity contribution is 5.94. The van der Waals surface area contributed by atoms with Crippen molar-refractivity contribution in [3.05, 3.63) is 75.3 Å². The Kier molecular flexibility index (Phi) is 6.16. The van der Waals surface area contributed by atoms with Gasteiger partial charge in [0.1, 0.15) is 25.7 Å². The van der Waals surface area contributed by atoms with Crippen molar-refractivity contribution < 1.29 is 19.4 Å². The third-order valence-electron chi connectivity index (χ3n) is 4.82. The van der Waals surface area contributed by atoms with E-state index in [2.05, 4.69) is 5.32 Å². The Labute approximate surface area is 158 Å². The van der Waals surface area contributed by atoms with Gasteiger partial charge in [-0.25, -0.2) is 0 Å². The van der Waals surface area contributed by atoms with Crippen molar-refractivity contribution in [2.75, 3.05) is 32.8 Å². The first-order valence-electron chi connectivity index (χ1n) is 9.06. The number of carbonyl (C=O) groups is 1. The van der Waals surface area contributed by atoms with Crippen molar-refractivity contribution >= 4 is 11.6 Å². The number of nitrogens with one attached hydrogen (secondary N) is 2. The van der Waals surface area contributed by atoms with E-state index in [0.29, 0.717) is 5.56 Å². The molecule has 0 aliphatic carbocycles. The second kappa shape index (κ2) is 8.75. The van der Waals surface area contributed by atoms with Gasteiger partial charge in [-0.1, -0.05) is 29.8 Å². The number of nitro groups is 1. The van der Waals surface area contributed by atoms with Crippen molar-refractivity contribution in [2.45, 2.75) is 13.0 Å². The quantitative estimate of drug-likeness (QED) is 0.593. The minimum Gasteiger partial charge on any atom is -0.370 e. The molecule has 0 spiro atoms. The predicted octanol–water partition coefficient (Wildman–Crippen LogP) is 1.29. The van der Waals surface area contributed by atoms with Crippen LogP contribution >= 0.6 is 0 Å². The SMILES string of the molecule is Cc1ccc([C@H](C[NH+]2CCOCC2)NC(=O)c2ccc([N+](=O)[O-])cc2)cc1. The average molecular weight is 370 g/mol. The number of morpholine rings is 1. The number of quaternary nitrogens is 1. The number of nitrogens with zero attached hydrogens (tertiary/aromatic N) is 1. The molecule has 1 aliphatic heterocycles. The molecular formula is C20H24N3O4+. The van der Waals surface area contributed by atoms with Gasteiger partial charge in [0.25, 0.3) is 11.6 Å². The Morgan fingerprint density at radius 2 is 1.78 bits per heavy atom. The lowest BCUT2D eigenvalue weighted by Gasteiger charge is -2.28. The zero-order chi connectivity index (χ0) is 19.2. The van der Waals surface area contributed by atoms with Gasteiger partial charge >= 0.3 is 0 Å². The van der Waals surface area contributed by atoms with Gasteiger partial charge in [0.15, 0.2) is 0 Å². The molecule has 0 aromatic heterocycles. The smallest absolute Gasteiger partial charge is 0.269 e. The largest absolute Gasteiger partial charge is 0.370 e. The zero-order valence-electron chi connectivity index (χ0n) is 15.3. The fourth-order valence-corrected chi connectivity index (χ4v) is 3.18. The molecule has 0 radical (unpaired) electrons. The van der Waals surface area contributed by atoms with Crippen LogP contribution in [0.1, 0.15) is 27.5 Å². The molecule has 1 aliphatic rings. The van der Waals surface area contributed by atoms with Gasteiger partial charge in [-0.05, 0) is 24.6 Å². The summed E-state index contributed by atoms with van der Waals surface area (Å²) in [7, 11) is 0. The highest BCUT2D eigenvalue weighted by atomic mass is 16.6. The lowest BCUT2D eigenvalue weighted by atomic mass is 10.0. The standard InChI is InChI=1S/C20H23N3O4/c1-15-2-4-16(5-3-15)19(14-22-10-12-27-13-11-22)21-20(24)17-6-8-18(9-7-17)23(25)26/h2-9,19H,10-14H2,1H3,(H,21,24)/p+1/t19-/m0/s1. The number of nitro benzene ring substituents is 1. The van der Waals surface area contributed by atoms with Gasteiger partial charge < -0.3 is 15.0 Å². The van der Waals surface area contributed by atoms with Crippen molar-refractivity contribution in [1.82, 2.24) is 5.32 Å². The van der Waals surface area contributed by atoms with Crippen molar-refractivity contribution in [3.63, 3.8) is 0 Å². The molecule has 0 bridgehead atoms. The Balaban J connectivity index is 1.75. The summed E-state index contributed by atoms with van der Waals surface area (Å²) in [6.07, 6.45) is 0. The molecule has 2 aromatic rings.